The molecule has 2 rings (SSSR count). The van der Waals surface area contributed by atoms with Gasteiger partial charge in [0.2, 0.25) is 0 Å². The van der Waals surface area contributed by atoms with Gasteiger partial charge in [-0.3, -0.25) is 4.98 Å². The van der Waals surface area contributed by atoms with Gasteiger partial charge in [-0.2, -0.15) is 0 Å². The van der Waals surface area contributed by atoms with E-state index >= 15 is 0 Å². The summed E-state index contributed by atoms with van der Waals surface area (Å²) < 4.78 is 27.2. The molecule has 0 aliphatic heterocycles. The van der Waals surface area contributed by atoms with Gasteiger partial charge in [-0.1, -0.05) is 13.0 Å². The van der Waals surface area contributed by atoms with Crippen molar-refractivity contribution in [2.75, 3.05) is 6.54 Å². The van der Waals surface area contributed by atoms with Crippen LogP contribution in [0.2, 0.25) is 0 Å². The Kier molecular flexibility index (Phi) is 5.18. The minimum atomic E-state index is -0.415. The van der Waals surface area contributed by atoms with Crippen molar-refractivity contribution in [3.05, 3.63) is 65.5 Å². The van der Waals surface area contributed by atoms with Gasteiger partial charge in [-0.25, -0.2) is 8.78 Å². The normalized spacial score (nSPS) is 12.3. The third-order valence-corrected chi connectivity index (χ3v) is 3.20. The topological polar surface area (TPSA) is 24.9 Å². The smallest absolute Gasteiger partial charge is 0.128 e. The molecule has 4 heteroatoms. The number of nitrogens with zero attached hydrogens (tertiary/aromatic N) is 1. The molecule has 1 aromatic heterocycles. The molecule has 2 aromatic rings. The first-order valence-corrected chi connectivity index (χ1v) is 6.79. The van der Waals surface area contributed by atoms with Gasteiger partial charge in [0.1, 0.15) is 11.6 Å². The first-order chi connectivity index (χ1) is 9.70. The fourth-order valence-electron chi connectivity index (χ4n) is 2.23. The van der Waals surface area contributed by atoms with E-state index in [4.69, 9.17) is 0 Å². The molecule has 0 amide bonds. The van der Waals surface area contributed by atoms with E-state index in [0.717, 1.165) is 11.8 Å². The summed E-state index contributed by atoms with van der Waals surface area (Å²) in [7, 11) is 0. The van der Waals surface area contributed by atoms with Gasteiger partial charge >= 0.3 is 0 Å². The van der Waals surface area contributed by atoms with Gasteiger partial charge in [0.05, 0.1) is 0 Å². The number of hydrogen-bond acceptors (Lipinski definition) is 2. The van der Waals surface area contributed by atoms with E-state index in [0.29, 0.717) is 24.9 Å². The monoisotopic (exact) mass is 276 g/mol. The molecule has 2 nitrogen and oxygen atoms in total. The third-order valence-electron chi connectivity index (χ3n) is 3.20. The van der Waals surface area contributed by atoms with Crippen LogP contribution in [0.4, 0.5) is 8.78 Å². The number of benzene rings is 1. The Bertz CT molecular complexity index is 543. The lowest BCUT2D eigenvalue weighted by Gasteiger charge is -2.19. The number of rotatable bonds is 6. The molecule has 1 aromatic carbocycles. The lowest BCUT2D eigenvalue weighted by molar-refractivity contribution is 0.478. The summed E-state index contributed by atoms with van der Waals surface area (Å²) in [5, 5.41) is 3.20. The van der Waals surface area contributed by atoms with Crippen LogP contribution in [-0.2, 0) is 6.42 Å². The Morgan fingerprint density at radius 2 is 2.05 bits per heavy atom. The van der Waals surface area contributed by atoms with Gasteiger partial charge in [0.25, 0.3) is 0 Å². The molecule has 0 fully saturated rings. The molecular weight excluding hydrogens is 258 g/mol. The van der Waals surface area contributed by atoms with Crippen LogP contribution in [0, 0.1) is 11.6 Å². The molecule has 0 radical (unpaired) electrons. The SMILES string of the molecule is CCNC(CCc1ccccn1)c1cc(F)ccc1F. The molecule has 0 bridgehead atoms. The largest absolute Gasteiger partial charge is 0.310 e. The Morgan fingerprint density at radius 3 is 2.75 bits per heavy atom. The van der Waals surface area contributed by atoms with Crippen molar-refractivity contribution in [3.63, 3.8) is 0 Å². The van der Waals surface area contributed by atoms with Gasteiger partial charge in [0.15, 0.2) is 0 Å². The number of pyridine rings is 1. The van der Waals surface area contributed by atoms with Crippen LogP contribution in [0.15, 0.2) is 42.6 Å². The van der Waals surface area contributed by atoms with Crippen LogP contribution in [0.1, 0.15) is 30.6 Å². The molecule has 0 saturated carbocycles. The standard InChI is InChI=1S/C16H18F2N2/c1-2-19-16(9-7-13-5-3-4-10-20-13)14-11-12(17)6-8-15(14)18/h3-6,8,10-11,16,19H,2,7,9H2,1H3. The zero-order valence-electron chi connectivity index (χ0n) is 11.4. The number of nitrogens with one attached hydrogen (secondary N) is 1. The van der Waals surface area contributed by atoms with Crippen LogP contribution >= 0.6 is 0 Å². The quantitative estimate of drug-likeness (QED) is 0.871. The average molecular weight is 276 g/mol. The molecule has 1 atom stereocenters. The average Bonchev–Trinajstić information content (AvgIpc) is 2.47. The van der Waals surface area contributed by atoms with Crippen LogP contribution in [0.3, 0.4) is 0 Å². The maximum Gasteiger partial charge on any atom is 0.128 e. The van der Waals surface area contributed by atoms with E-state index < -0.39 is 5.82 Å². The van der Waals surface area contributed by atoms with Gasteiger partial charge < -0.3 is 5.32 Å². The molecule has 106 valence electrons. The molecule has 0 saturated heterocycles. The fourth-order valence-corrected chi connectivity index (χ4v) is 2.23. The minimum Gasteiger partial charge on any atom is -0.310 e. The summed E-state index contributed by atoms with van der Waals surface area (Å²) >= 11 is 0. The van der Waals surface area contributed by atoms with E-state index in [1.54, 1.807) is 6.20 Å². The molecule has 0 aliphatic rings. The first kappa shape index (κ1) is 14.6. The zero-order chi connectivity index (χ0) is 14.4. The van der Waals surface area contributed by atoms with Crippen molar-refractivity contribution < 1.29 is 8.78 Å². The number of aryl methyl sites for hydroxylation is 1. The summed E-state index contributed by atoms with van der Waals surface area (Å²) in [6, 6.07) is 9.09. The summed E-state index contributed by atoms with van der Waals surface area (Å²) in [6.45, 7) is 2.65. The van der Waals surface area contributed by atoms with Crippen LogP contribution in [-0.4, -0.2) is 11.5 Å². The second kappa shape index (κ2) is 7.10. The fraction of sp³-hybridized carbons (Fsp3) is 0.312. The highest BCUT2D eigenvalue weighted by Crippen LogP contribution is 2.22. The molecule has 0 aliphatic carbocycles. The molecular formula is C16H18F2N2. The second-order valence-electron chi connectivity index (χ2n) is 4.64. The first-order valence-electron chi connectivity index (χ1n) is 6.79. The van der Waals surface area contributed by atoms with Gasteiger partial charge in [-0.15, -0.1) is 0 Å². The van der Waals surface area contributed by atoms with E-state index in [1.165, 1.54) is 12.1 Å². The zero-order valence-corrected chi connectivity index (χ0v) is 11.4. The van der Waals surface area contributed by atoms with Gasteiger partial charge in [0, 0.05) is 23.5 Å². The maximum absolute atomic E-state index is 13.8. The summed E-state index contributed by atoms with van der Waals surface area (Å²) in [5.74, 6) is -0.791. The van der Waals surface area contributed by atoms with Crippen molar-refractivity contribution in [2.24, 2.45) is 0 Å². The Balaban J connectivity index is 2.12. The lowest BCUT2D eigenvalue weighted by atomic mass is 10.00. The Morgan fingerprint density at radius 1 is 1.20 bits per heavy atom. The Hall–Kier alpha value is -1.81. The van der Waals surface area contributed by atoms with Crippen LogP contribution < -0.4 is 5.32 Å². The second-order valence-corrected chi connectivity index (χ2v) is 4.64. The van der Waals surface area contributed by atoms with Crippen molar-refractivity contribution in [3.8, 4) is 0 Å². The lowest BCUT2D eigenvalue weighted by Crippen LogP contribution is -2.22. The molecule has 0 spiro atoms. The van der Waals surface area contributed by atoms with Crippen molar-refractivity contribution in [1.82, 2.24) is 10.3 Å². The number of aromatic nitrogens is 1. The van der Waals surface area contributed by atoms with E-state index in [-0.39, 0.29) is 11.9 Å². The van der Waals surface area contributed by atoms with Crippen LogP contribution in [0.25, 0.3) is 0 Å². The molecule has 1 unspecified atom stereocenters. The van der Waals surface area contributed by atoms with Crippen molar-refractivity contribution in [2.45, 2.75) is 25.8 Å². The number of halogens is 2. The minimum absolute atomic E-state index is 0.210. The van der Waals surface area contributed by atoms with Crippen LogP contribution in [0.5, 0.6) is 0 Å². The Labute approximate surface area is 117 Å². The highest BCUT2D eigenvalue weighted by atomic mass is 19.1. The summed E-state index contributed by atoms with van der Waals surface area (Å²) in [6.07, 6.45) is 3.13. The van der Waals surface area contributed by atoms with Crippen molar-refractivity contribution in [1.29, 1.82) is 0 Å². The number of hydrogen-bond donors (Lipinski definition) is 1. The predicted molar refractivity (Wildman–Crippen MR) is 75.3 cm³/mol. The van der Waals surface area contributed by atoms with E-state index in [1.807, 2.05) is 25.1 Å². The highest BCUT2D eigenvalue weighted by molar-refractivity contribution is 5.22. The van der Waals surface area contributed by atoms with Crippen molar-refractivity contribution >= 4 is 0 Å². The summed E-state index contributed by atoms with van der Waals surface area (Å²) in [4.78, 5) is 4.25. The predicted octanol–water partition coefficient (Wildman–Crippen LogP) is 3.64. The third kappa shape index (κ3) is 3.84. The molecule has 1 N–H and O–H groups in total. The van der Waals surface area contributed by atoms with Gasteiger partial charge in [-0.05, 0) is 49.7 Å². The molecule has 20 heavy (non-hydrogen) atoms. The highest BCUT2D eigenvalue weighted by Gasteiger charge is 2.16. The molecule has 1 heterocycles. The van der Waals surface area contributed by atoms with E-state index in [9.17, 15) is 8.78 Å². The summed E-state index contributed by atoms with van der Waals surface area (Å²) in [5.41, 5.74) is 1.33. The van der Waals surface area contributed by atoms with E-state index in [2.05, 4.69) is 10.3 Å². The maximum atomic E-state index is 13.8.